The number of fused-ring (bicyclic) bond motifs is 1. The van der Waals surface area contributed by atoms with Gasteiger partial charge in [0.05, 0.1) is 19.3 Å². The van der Waals surface area contributed by atoms with Crippen LogP contribution in [0, 0.1) is 0 Å². The van der Waals surface area contributed by atoms with Gasteiger partial charge in [0.15, 0.2) is 11.5 Å². The fourth-order valence-corrected chi connectivity index (χ4v) is 3.76. The van der Waals surface area contributed by atoms with Crippen LogP contribution in [0.25, 0.3) is 0 Å². The predicted molar refractivity (Wildman–Crippen MR) is 104 cm³/mol. The molecule has 0 aromatic heterocycles. The number of anilines is 1. The molecule has 2 N–H and O–H groups in total. The van der Waals surface area contributed by atoms with Crippen LogP contribution in [0.3, 0.4) is 0 Å². The highest BCUT2D eigenvalue weighted by atomic mass is 16.7. The number of likely N-dealkylation sites (tertiary alicyclic amines) is 1. The first-order valence-corrected chi connectivity index (χ1v) is 9.35. The molecule has 7 heteroatoms. The number of hydrogen-bond donors (Lipinski definition) is 2. The van der Waals surface area contributed by atoms with Crippen LogP contribution in [-0.4, -0.2) is 49.5 Å². The van der Waals surface area contributed by atoms with Crippen LogP contribution in [0.5, 0.6) is 17.2 Å². The molecule has 0 atom stereocenters. The SMILES string of the molecule is COc1ccccc1C1(O)CCN(CC(=O)Nc2ccc3c(c2)OCO3)CC1. The number of carbonyl (C=O) groups is 1. The molecule has 0 unspecified atom stereocenters. The number of benzene rings is 2. The molecule has 1 amide bonds. The third kappa shape index (κ3) is 3.76. The second-order valence-corrected chi connectivity index (χ2v) is 7.12. The van der Waals surface area contributed by atoms with Crippen LogP contribution < -0.4 is 19.5 Å². The van der Waals surface area contributed by atoms with Crippen molar-refractivity contribution in [2.75, 3.05) is 38.9 Å². The molecule has 1 fully saturated rings. The summed E-state index contributed by atoms with van der Waals surface area (Å²) in [6.45, 7) is 1.73. The number of nitrogens with zero attached hydrogens (tertiary/aromatic N) is 1. The first-order valence-electron chi connectivity index (χ1n) is 9.35. The highest BCUT2D eigenvalue weighted by molar-refractivity contribution is 5.92. The van der Waals surface area contributed by atoms with Gasteiger partial charge in [-0.1, -0.05) is 18.2 Å². The number of carbonyl (C=O) groups excluding carboxylic acids is 1. The van der Waals surface area contributed by atoms with Crippen molar-refractivity contribution in [2.24, 2.45) is 0 Å². The van der Waals surface area contributed by atoms with Crippen LogP contribution in [0.4, 0.5) is 5.69 Å². The normalized spacial score (nSPS) is 17.9. The Hall–Kier alpha value is -2.77. The lowest BCUT2D eigenvalue weighted by Gasteiger charge is -2.38. The summed E-state index contributed by atoms with van der Waals surface area (Å²) in [5.41, 5.74) is 0.551. The van der Waals surface area contributed by atoms with E-state index in [1.807, 2.05) is 29.2 Å². The molecule has 1 saturated heterocycles. The summed E-state index contributed by atoms with van der Waals surface area (Å²) < 4.78 is 16.0. The van der Waals surface area contributed by atoms with E-state index in [0.717, 1.165) is 5.56 Å². The fourth-order valence-electron chi connectivity index (χ4n) is 3.76. The second-order valence-electron chi connectivity index (χ2n) is 7.12. The fraction of sp³-hybridized carbons (Fsp3) is 0.381. The molecular weight excluding hydrogens is 360 g/mol. The molecule has 7 nitrogen and oxygen atoms in total. The van der Waals surface area contributed by atoms with Crippen molar-refractivity contribution >= 4 is 11.6 Å². The molecule has 0 aliphatic carbocycles. The Morgan fingerprint density at radius 3 is 2.71 bits per heavy atom. The van der Waals surface area contributed by atoms with Crippen molar-refractivity contribution in [3.8, 4) is 17.2 Å². The van der Waals surface area contributed by atoms with Crippen LogP contribution in [0.2, 0.25) is 0 Å². The molecule has 0 bridgehead atoms. The predicted octanol–water partition coefficient (Wildman–Crippen LogP) is 2.35. The van der Waals surface area contributed by atoms with Crippen LogP contribution in [-0.2, 0) is 10.4 Å². The zero-order valence-corrected chi connectivity index (χ0v) is 15.8. The molecule has 148 valence electrons. The number of piperidine rings is 1. The van der Waals surface area contributed by atoms with Crippen molar-refractivity contribution in [3.05, 3.63) is 48.0 Å². The second kappa shape index (κ2) is 7.69. The Bertz CT molecular complexity index is 862. The summed E-state index contributed by atoms with van der Waals surface area (Å²) in [5.74, 6) is 1.92. The van der Waals surface area contributed by atoms with Gasteiger partial charge in [-0.3, -0.25) is 9.69 Å². The quantitative estimate of drug-likeness (QED) is 0.824. The minimum Gasteiger partial charge on any atom is -0.496 e. The third-order valence-corrected chi connectivity index (χ3v) is 5.32. The summed E-state index contributed by atoms with van der Waals surface area (Å²) in [7, 11) is 1.61. The number of nitrogens with one attached hydrogen (secondary N) is 1. The molecule has 0 spiro atoms. The molecule has 2 heterocycles. The highest BCUT2D eigenvalue weighted by Crippen LogP contribution is 2.38. The molecule has 28 heavy (non-hydrogen) atoms. The first kappa shape index (κ1) is 18.6. The molecule has 2 aliphatic heterocycles. The Morgan fingerprint density at radius 2 is 1.93 bits per heavy atom. The van der Waals surface area contributed by atoms with E-state index in [4.69, 9.17) is 14.2 Å². The van der Waals surface area contributed by atoms with Crippen molar-refractivity contribution in [3.63, 3.8) is 0 Å². The van der Waals surface area contributed by atoms with E-state index >= 15 is 0 Å². The molecule has 2 aliphatic rings. The van der Waals surface area contributed by atoms with Crippen LogP contribution >= 0.6 is 0 Å². The topological polar surface area (TPSA) is 80.3 Å². The lowest BCUT2D eigenvalue weighted by atomic mass is 9.84. The van der Waals surface area contributed by atoms with Gasteiger partial charge >= 0.3 is 0 Å². The van der Waals surface area contributed by atoms with Crippen molar-refractivity contribution in [1.29, 1.82) is 0 Å². The standard InChI is InChI=1S/C21H24N2O5/c1-26-17-5-3-2-4-16(17)21(25)8-10-23(11-9-21)13-20(24)22-15-6-7-18-19(12-15)28-14-27-18/h2-7,12,25H,8-11,13-14H2,1H3,(H,22,24). The first-order chi connectivity index (χ1) is 13.6. The Kier molecular flexibility index (Phi) is 5.11. The van der Waals surface area contributed by atoms with Gasteiger partial charge in [0.1, 0.15) is 5.75 Å². The van der Waals surface area contributed by atoms with Crippen LogP contribution in [0.1, 0.15) is 18.4 Å². The van der Waals surface area contributed by atoms with Gasteiger partial charge in [-0.05, 0) is 31.0 Å². The molecule has 0 saturated carbocycles. The average molecular weight is 384 g/mol. The van der Waals surface area contributed by atoms with E-state index in [2.05, 4.69) is 5.32 Å². The van der Waals surface area contributed by atoms with E-state index in [1.54, 1.807) is 25.3 Å². The highest BCUT2D eigenvalue weighted by Gasteiger charge is 2.36. The number of hydrogen-bond acceptors (Lipinski definition) is 6. The summed E-state index contributed by atoms with van der Waals surface area (Å²) in [4.78, 5) is 14.5. The number of ether oxygens (including phenoxy) is 3. The van der Waals surface area contributed by atoms with Gasteiger partial charge in [0, 0.05) is 30.4 Å². The molecule has 4 rings (SSSR count). The van der Waals surface area contributed by atoms with Crippen molar-refractivity contribution in [1.82, 2.24) is 4.90 Å². The Morgan fingerprint density at radius 1 is 1.18 bits per heavy atom. The largest absolute Gasteiger partial charge is 0.496 e. The van der Waals surface area contributed by atoms with E-state index in [0.29, 0.717) is 48.9 Å². The van der Waals surface area contributed by atoms with Gasteiger partial charge in [0.25, 0.3) is 0 Å². The maximum absolute atomic E-state index is 12.4. The number of amides is 1. The minimum atomic E-state index is -0.934. The van der Waals surface area contributed by atoms with Crippen LogP contribution in [0.15, 0.2) is 42.5 Å². The molecule has 0 radical (unpaired) electrons. The molecule has 2 aromatic rings. The third-order valence-electron chi connectivity index (χ3n) is 5.32. The van der Waals surface area contributed by atoms with Gasteiger partial charge in [-0.2, -0.15) is 0 Å². The molecule has 2 aromatic carbocycles. The monoisotopic (exact) mass is 384 g/mol. The van der Waals surface area contributed by atoms with Gasteiger partial charge in [-0.15, -0.1) is 0 Å². The van der Waals surface area contributed by atoms with E-state index < -0.39 is 5.60 Å². The Labute approximate surface area is 163 Å². The maximum atomic E-state index is 12.4. The van der Waals surface area contributed by atoms with Crippen molar-refractivity contribution < 1.29 is 24.1 Å². The number of para-hydroxylation sites is 1. The average Bonchev–Trinajstić information content (AvgIpc) is 3.17. The number of aliphatic hydroxyl groups is 1. The van der Waals surface area contributed by atoms with Gasteiger partial charge < -0.3 is 24.6 Å². The summed E-state index contributed by atoms with van der Waals surface area (Å²) in [6.07, 6.45) is 1.09. The molecular formula is C21H24N2O5. The van der Waals surface area contributed by atoms with Crippen molar-refractivity contribution in [2.45, 2.75) is 18.4 Å². The van der Waals surface area contributed by atoms with E-state index in [1.165, 1.54) is 0 Å². The zero-order valence-electron chi connectivity index (χ0n) is 15.8. The lowest BCUT2D eigenvalue weighted by Crippen LogP contribution is -2.45. The Balaban J connectivity index is 1.33. The summed E-state index contributed by atoms with van der Waals surface area (Å²) in [5, 5.41) is 14.0. The zero-order chi connectivity index (χ0) is 19.6. The number of rotatable bonds is 5. The smallest absolute Gasteiger partial charge is 0.238 e. The summed E-state index contributed by atoms with van der Waals surface area (Å²) in [6, 6.07) is 12.9. The van der Waals surface area contributed by atoms with Gasteiger partial charge in [0.2, 0.25) is 12.7 Å². The van der Waals surface area contributed by atoms with Gasteiger partial charge in [-0.25, -0.2) is 0 Å². The maximum Gasteiger partial charge on any atom is 0.238 e. The lowest BCUT2D eigenvalue weighted by molar-refractivity contribution is -0.118. The van der Waals surface area contributed by atoms with E-state index in [9.17, 15) is 9.90 Å². The van der Waals surface area contributed by atoms with E-state index in [-0.39, 0.29) is 19.2 Å². The summed E-state index contributed by atoms with van der Waals surface area (Å²) >= 11 is 0. The minimum absolute atomic E-state index is 0.0957. The number of methoxy groups -OCH3 is 1.